The second kappa shape index (κ2) is 8.33. The summed E-state index contributed by atoms with van der Waals surface area (Å²) >= 11 is 0. The molecule has 204 valence electrons. The Hall–Kier alpha value is -2.34. The summed E-state index contributed by atoms with van der Waals surface area (Å²) in [5.41, 5.74) is -3.75. The number of aliphatic hydroxyl groups is 3. The standard InChI is InChI=1S/C26H34O11/c1-10(2)6-15(28)37-18-20-25-9-35-26(20,23(33)34-5)21(31)17(30)19(25)24(4)8-13(27)16(29)11(3)12(24)7-14(25)36-22(18)32/h6,11-14,17-21,27,30-31H,7-9H2,1-5H3/t11-,12-,13-,14+,17+,18+,19+,20+,21-,24-,25+,26-/m0/s1. The van der Waals surface area contributed by atoms with Crippen LogP contribution in [-0.4, -0.2) is 88.8 Å². The van der Waals surface area contributed by atoms with Gasteiger partial charge in [0, 0.05) is 23.3 Å². The maximum atomic E-state index is 13.4. The summed E-state index contributed by atoms with van der Waals surface area (Å²) < 4.78 is 22.5. The fourth-order valence-electron chi connectivity index (χ4n) is 8.63. The van der Waals surface area contributed by atoms with Gasteiger partial charge >= 0.3 is 17.9 Å². The Morgan fingerprint density at radius 2 is 1.81 bits per heavy atom. The van der Waals surface area contributed by atoms with Crippen LogP contribution in [0.5, 0.6) is 0 Å². The fraction of sp³-hybridized carbons (Fsp3) is 0.769. The molecular weight excluding hydrogens is 488 g/mol. The highest BCUT2D eigenvalue weighted by molar-refractivity contribution is 5.90. The van der Waals surface area contributed by atoms with Crippen molar-refractivity contribution in [2.24, 2.45) is 34.5 Å². The molecule has 5 rings (SSSR count). The van der Waals surface area contributed by atoms with Crippen LogP contribution in [0.25, 0.3) is 0 Å². The van der Waals surface area contributed by atoms with E-state index in [1.54, 1.807) is 20.8 Å². The predicted molar refractivity (Wildman–Crippen MR) is 122 cm³/mol. The summed E-state index contributed by atoms with van der Waals surface area (Å²) in [5, 5.41) is 33.9. The zero-order chi connectivity index (χ0) is 27.2. The first-order valence-corrected chi connectivity index (χ1v) is 12.6. The number of allylic oxidation sites excluding steroid dienone is 1. The van der Waals surface area contributed by atoms with E-state index in [1.165, 1.54) is 6.08 Å². The predicted octanol–water partition coefficient (Wildman–Crippen LogP) is -0.318. The third kappa shape index (κ3) is 3.14. The van der Waals surface area contributed by atoms with Crippen LogP contribution >= 0.6 is 0 Å². The second-order valence-electron chi connectivity index (χ2n) is 11.8. The number of aliphatic hydroxyl groups excluding tert-OH is 3. The second-order valence-corrected chi connectivity index (χ2v) is 11.8. The Morgan fingerprint density at radius 1 is 1.14 bits per heavy atom. The van der Waals surface area contributed by atoms with Gasteiger partial charge in [-0.1, -0.05) is 19.4 Å². The van der Waals surface area contributed by atoms with E-state index in [0.29, 0.717) is 5.57 Å². The fourth-order valence-corrected chi connectivity index (χ4v) is 8.63. The number of esters is 3. The summed E-state index contributed by atoms with van der Waals surface area (Å²) in [4.78, 5) is 52.1. The summed E-state index contributed by atoms with van der Waals surface area (Å²) in [6, 6.07) is 0. The monoisotopic (exact) mass is 522 g/mol. The molecule has 2 heterocycles. The minimum Gasteiger partial charge on any atom is -0.467 e. The SMILES string of the molecule is COC(=O)[C@@]12OC[C@]34[C@H]([C@@H](O)[C@@H]1O)[C@@]1(C)C[C@H](O)C(=O)[C@@H](C)[C@@H]1C[C@H]3OC(=O)[C@H](OC(=O)C=C(C)C)[C@@H]24. The van der Waals surface area contributed by atoms with Crippen LogP contribution in [0.3, 0.4) is 0 Å². The molecule has 0 radical (unpaired) electrons. The van der Waals surface area contributed by atoms with Crippen molar-refractivity contribution in [3.63, 3.8) is 0 Å². The quantitative estimate of drug-likeness (QED) is 0.253. The van der Waals surface area contributed by atoms with E-state index in [4.69, 9.17) is 18.9 Å². The lowest BCUT2D eigenvalue weighted by molar-refractivity contribution is -0.299. The van der Waals surface area contributed by atoms with Gasteiger partial charge in [0.05, 0.1) is 25.7 Å². The molecule has 1 spiro atoms. The van der Waals surface area contributed by atoms with Crippen LogP contribution in [0.4, 0.5) is 0 Å². The molecule has 0 aromatic carbocycles. The highest BCUT2D eigenvalue weighted by Gasteiger charge is 2.85. The first-order valence-electron chi connectivity index (χ1n) is 12.6. The molecule has 11 nitrogen and oxygen atoms in total. The molecule has 37 heavy (non-hydrogen) atoms. The zero-order valence-corrected chi connectivity index (χ0v) is 21.5. The van der Waals surface area contributed by atoms with Gasteiger partial charge < -0.3 is 34.3 Å². The summed E-state index contributed by atoms with van der Waals surface area (Å²) in [7, 11) is 1.10. The number of ketones is 1. The average molecular weight is 523 g/mol. The van der Waals surface area contributed by atoms with Crippen molar-refractivity contribution in [3.8, 4) is 0 Å². The Kier molecular flexibility index (Phi) is 5.91. The van der Waals surface area contributed by atoms with Crippen LogP contribution in [0.2, 0.25) is 0 Å². The summed E-state index contributed by atoms with van der Waals surface area (Å²) in [6.45, 7) is 6.70. The molecule has 0 aromatic heterocycles. The summed E-state index contributed by atoms with van der Waals surface area (Å²) in [5.74, 6) is -6.17. The van der Waals surface area contributed by atoms with E-state index in [0.717, 1.165) is 7.11 Å². The number of ether oxygens (including phenoxy) is 4. The highest BCUT2D eigenvalue weighted by Crippen LogP contribution is 2.73. The molecule has 5 aliphatic rings. The molecule has 5 fully saturated rings. The molecule has 3 aliphatic carbocycles. The molecule has 11 heteroatoms. The maximum Gasteiger partial charge on any atom is 0.348 e. The minimum atomic E-state index is -2.20. The number of hydrogen-bond acceptors (Lipinski definition) is 11. The van der Waals surface area contributed by atoms with Gasteiger partial charge in [-0.05, 0) is 38.0 Å². The van der Waals surface area contributed by atoms with E-state index in [-0.39, 0.29) is 25.2 Å². The van der Waals surface area contributed by atoms with Gasteiger partial charge in [0.1, 0.15) is 18.3 Å². The lowest BCUT2D eigenvalue weighted by atomic mass is 9.37. The normalized spacial score (nSPS) is 49.8. The molecule has 0 unspecified atom stereocenters. The van der Waals surface area contributed by atoms with E-state index in [9.17, 15) is 34.5 Å². The van der Waals surface area contributed by atoms with Crippen LogP contribution in [-0.2, 0) is 38.1 Å². The lowest BCUT2D eigenvalue weighted by Gasteiger charge is -2.68. The molecule has 12 atom stereocenters. The van der Waals surface area contributed by atoms with Crippen LogP contribution < -0.4 is 0 Å². The Balaban J connectivity index is 1.72. The van der Waals surface area contributed by atoms with E-state index < -0.39 is 88.5 Å². The number of fused-ring (bicyclic) bond motifs is 2. The maximum absolute atomic E-state index is 13.4. The van der Waals surface area contributed by atoms with Gasteiger partial charge in [-0.25, -0.2) is 14.4 Å². The number of Topliss-reactive ketones (excluding diaryl/α,β-unsaturated/α-hetero) is 1. The van der Waals surface area contributed by atoms with Gasteiger partial charge in [0.2, 0.25) is 11.7 Å². The molecule has 2 bridgehead atoms. The minimum absolute atomic E-state index is 0.0118. The van der Waals surface area contributed by atoms with Gasteiger partial charge in [0.25, 0.3) is 0 Å². The first kappa shape index (κ1) is 26.3. The number of methoxy groups -OCH3 is 1. The Bertz CT molecular complexity index is 1080. The molecule has 0 amide bonds. The first-order chi connectivity index (χ1) is 17.3. The van der Waals surface area contributed by atoms with Crippen LogP contribution in [0, 0.1) is 34.5 Å². The Morgan fingerprint density at radius 3 is 2.43 bits per heavy atom. The van der Waals surface area contributed by atoms with Crippen molar-refractivity contribution in [3.05, 3.63) is 11.6 Å². The average Bonchev–Trinajstić information content (AvgIpc) is 3.12. The topological polar surface area (TPSA) is 166 Å². The summed E-state index contributed by atoms with van der Waals surface area (Å²) in [6.07, 6.45) is -5.78. The van der Waals surface area contributed by atoms with Gasteiger partial charge in [-0.15, -0.1) is 0 Å². The van der Waals surface area contributed by atoms with Crippen molar-refractivity contribution >= 4 is 23.7 Å². The molecule has 0 aromatic rings. The molecule has 2 aliphatic heterocycles. The van der Waals surface area contributed by atoms with Crippen LogP contribution in [0.15, 0.2) is 11.6 Å². The van der Waals surface area contributed by atoms with E-state index >= 15 is 0 Å². The van der Waals surface area contributed by atoms with Crippen molar-refractivity contribution in [1.82, 2.24) is 0 Å². The zero-order valence-electron chi connectivity index (χ0n) is 21.5. The van der Waals surface area contributed by atoms with Gasteiger partial charge in [-0.2, -0.15) is 0 Å². The smallest absolute Gasteiger partial charge is 0.348 e. The number of carbonyl (C=O) groups excluding carboxylic acids is 4. The van der Waals surface area contributed by atoms with Gasteiger partial charge in [0.15, 0.2) is 5.78 Å². The van der Waals surface area contributed by atoms with Crippen LogP contribution in [0.1, 0.15) is 40.5 Å². The lowest BCUT2D eigenvalue weighted by Crippen LogP contribution is -2.79. The van der Waals surface area contributed by atoms with E-state index in [2.05, 4.69) is 0 Å². The third-order valence-corrected chi connectivity index (χ3v) is 9.87. The molecular formula is C26H34O11. The highest BCUT2D eigenvalue weighted by atomic mass is 16.6. The van der Waals surface area contributed by atoms with Crippen molar-refractivity contribution in [2.75, 3.05) is 13.7 Å². The van der Waals surface area contributed by atoms with Crippen molar-refractivity contribution in [2.45, 2.75) is 76.7 Å². The third-order valence-electron chi connectivity index (χ3n) is 9.87. The molecule has 3 saturated carbocycles. The molecule has 2 saturated heterocycles. The largest absolute Gasteiger partial charge is 0.467 e. The number of carbonyl (C=O) groups is 4. The van der Waals surface area contributed by atoms with Crippen molar-refractivity contribution in [1.29, 1.82) is 0 Å². The van der Waals surface area contributed by atoms with E-state index in [1.807, 2.05) is 6.92 Å². The Labute approximate surface area is 214 Å². The van der Waals surface area contributed by atoms with Crippen molar-refractivity contribution < 1.29 is 53.4 Å². The number of rotatable bonds is 3. The molecule has 3 N–H and O–H groups in total. The van der Waals surface area contributed by atoms with Gasteiger partial charge in [-0.3, -0.25) is 4.79 Å². The number of hydrogen-bond donors (Lipinski definition) is 3.